The molecule has 0 aliphatic heterocycles. The zero-order valence-corrected chi connectivity index (χ0v) is 16.7. The van der Waals surface area contributed by atoms with E-state index in [9.17, 15) is 18.0 Å². The number of rotatable bonds is 7. The van der Waals surface area contributed by atoms with Gasteiger partial charge in [-0.15, -0.1) is 0 Å². The number of carbonyl (C=O) groups is 1. The summed E-state index contributed by atoms with van der Waals surface area (Å²) in [5.74, 6) is -0.499. The highest BCUT2D eigenvalue weighted by Gasteiger charge is 2.34. The van der Waals surface area contributed by atoms with Crippen molar-refractivity contribution in [3.05, 3.63) is 41.9 Å². The lowest BCUT2D eigenvalue weighted by Crippen LogP contribution is -2.44. The highest BCUT2D eigenvalue weighted by Crippen LogP contribution is 2.30. The lowest BCUT2D eigenvalue weighted by atomic mass is 9.92. The number of aromatic nitrogens is 2. The molecule has 0 spiro atoms. The van der Waals surface area contributed by atoms with Gasteiger partial charge in [0.1, 0.15) is 5.75 Å². The van der Waals surface area contributed by atoms with Gasteiger partial charge in [-0.2, -0.15) is 13.2 Å². The molecule has 2 aromatic rings. The maximum absolute atomic E-state index is 12.8. The molecule has 1 atom stereocenters. The first-order valence-corrected chi connectivity index (χ1v) is 9.02. The van der Waals surface area contributed by atoms with E-state index in [0.29, 0.717) is 24.3 Å². The molecule has 0 saturated carbocycles. The van der Waals surface area contributed by atoms with Crippen molar-refractivity contribution < 1.29 is 27.8 Å². The Hall–Kier alpha value is -2.84. The van der Waals surface area contributed by atoms with Gasteiger partial charge in [-0.25, -0.2) is 14.8 Å². The number of benzene rings is 1. The Morgan fingerprint density at radius 1 is 1.28 bits per heavy atom. The number of carboxylic acid groups (broad SMARTS) is 1. The molecule has 6 nitrogen and oxygen atoms in total. The van der Waals surface area contributed by atoms with Crippen molar-refractivity contribution in [2.24, 2.45) is 5.92 Å². The van der Waals surface area contributed by atoms with Gasteiger partial charge in [-0.05, 0) is 62.9 Å². The van der Waals surface area contributed by atoms with Gasteiger partial charge >= 0.3 is 12.3 Å². The van der Waals surface area contributed by atoms with Crippen molar-refractivity contribution in [1.82, 2.24) is 15.3 Å². The Bertz CT molecular complexity index is 870. The Morgan fingerprint density at radius 3 is 2.55 bits per heavy atom. The molecule has 0 bridgehead atoms. The minimum Gasteiger partial charge on any atom is -0.493 e. The topological polar surface area (TPSA) is 84.3 Å². The zero-order chi connectivity index (χ0) is 21.8. The Labute approximate surface area is 167 Å². The van der Waals surface area contributed by atoms with Gasteiger partial charge in [0.25, 0.3) is 0 Å². The van der Waals surface area contributed by atoms with Crippen molar-refractivity contribution in [3.63, 3.8) is 0 Å². The van der Waals surface area contributed by atoms with Gasteiger partial charge in [0.05, 0.1) is 12.3 Å². The van der Waals surface area contributed by atoms with E-state index in [2.05, 4.69) is 15.3 Å². The van der Waals surface area contributed by atoms with Crippen LogP contribution in [0.1, 0.15) is 38.6 Å². The van der Waals surface area contributed by atoms with E-state index < -0.39 is 23.6 Å². The van der Waals surface area contributed by atoms with Crippen LogP contribution in [0.3, 0.4) is 0 Å². The van der Waals surface area contributed by atoms with Crippen molar-refractivity contribution in [3.8, 4) is 17.0 Å². The van der Waals surface area contributed by atoms with E-state index in [-0.39, 0.29) is 11.6 Å². The Kier molecular flexibility index (Phi) is 6.71. The molecular formula is C20H24F3N3O3. The maximum atomic E-state index is 12.8. The lowest BCUT2D eigenvalue weighted by Gasteiger charge is -2.28. The van der Waals surface area contributed by atoms with Crippen LogP contribution < -0.4 is 10.1 Å². The first-order chi connectivity index (χ1) is 13.4. The van der Waals surface area contributed by atoms with Crippen molar-refractivity contribution in [2.45, 2.75) is 45.8 Å². The summed E-state index contributed by atoms with van der Waals surface area (Å²) in [6.45, 7) is 7.72. The average molecular weight is 411 g/mol. The number of hydrogen-bond donors (Lipinski definition) is 2. The number of amides is 1. The van der Waals surface area contributed by atoms with Crippen molar-refractivity contribution in [2.75, 3.05) is 6.61 Å². The van der Waals surface area contributed by atoms with E-state index in [0.717, 1.165) is 11.8 Å². The van der Waals surface area contributed by atoms with Crippen molar-refractivity contribution in [1.29, 1.82) is 0 Å². The first kappa shape index (κ1) is 22.4. The molecule has 2 rings (SSSR count). The minimum atomic E-state index is -4.60. The van der Waals surface area contributed by atoms with Crippen LogP contribution in [-0.2, 0) is 6.18 Å². The van der Waals surface area contributed by atoms with Crippen LogP contribution in [0, 0.1) is 12.8 Å². The first-order valence-electron chi connectivity index (χ1n) is 9.02. The number of halogens is 3. The zero-order valence-electron chi connectivity index (χ0n) is 16.7. The molecular weight excluding hydrogens is 387 g/mol. The van der Waals surface area contributed by atoms with Crippen LogP contribution in [0.2, 0.25) is 0 Å². The average Bonchev–Trinajstić information content (AvgIpc) is 2.58. The SMILES string of the molecule is Cc1cc(-c2ccnc(C(F)(F)F)n2)ccc1OC[C@@H](C)CC(C)(C)NC(=O)O. The number of alkyl halides is 3. The highest BCUT2D eigenvalue weighted by atomic mass is 19.4. The fourth-order valence-electron chi connectivity index (χ4n) is 3.13. The number of ether oxygens (including phenoxy) is 1. The van der Waals surface area contributed by atoms with Gasteiger partial charge in [-0.1, -0.05) is 6.92 Å². The Balaban J connectivity index is 2.06. The fourth-order valence-corrected chi connectivity index (χ4v) is 3.13. The predicted octanol–water partition coefficient (Wildman–Crippen LogP) is 4.92. The maximum Gasteiger partial charge on any atom is 0.451 e. The van der Waals surface area contributed by atoms with E-state index in [4.69, 9.17) is 9.84 Å². The van der Waals surface area contributed by atoms with Crippen LogP contribution in [0.4, 0.5) is 18.0 Å². The summed E-state index contributed by atoms with van der Waals surface area (Å²) in [6.07, 6.45) is -4.02. The van der Waals surface area contributed by atoms with Crippen LogP contribution in [0.5, 0.6) is 5.75 Å². The van der Waals surface area contributed by atoms with E-state index in [1.165, 1.54) is 6.07 Å². The number of nitrogens with one attached hydrogen (secondary N) is 1. The van der Waals surface area contributed by atoms with E-state index >= 15 is 0 Å². The van der Waals surface area contributed by atoms with Gasteiger partial charge in [0.15, 0.2) is 0 Å². The minimum absolute atomic E-state index is 0.0761. The summed E-state index contributed by atoms with van der Waals surface area (Å²) in [7, 11) is 0. The molecule has 0 saturated heterocycles. The second-order valence-electron chi connectivity index (χ2n) is 7.68. The normalized spacial score (nSPS) is 13.1. The van der Waals surface area contributed by atoms with Gasteiger partial charge in [-0.3, -0.25) is 0 Å². The molecule has 0 fully saturated rings. The number of aryl methyl sites for hydroxylation is 1. The van der Waals surface area contributed by atoms with E-state index in [1.54, 1.807) is 39.0 Å². The van der Waals surface area contributed by atoms with Crippen LogP contribution in [-0.4, -0.2) is 33.3 Å². The summed E-state index contributed by atoms with van der Waals surface area (Å²) in [6, 6.07) is 6.46. The third kappa shape index (κ3) is 6.62. The highest BCUT2D eigenvalue weighted by molar-refractivity contribution is 5.65. The van der Waals surface area contributed by atoms with Gasteiger partial charge < -0.3 is 15.2 Å². The lowest BCUT2D eigenvalue weighted by molar-refractivity contribution is -0.144. The third-order valence-electron chi connectivity index (χ3n) is 4.21. The monoisotopic (exact) mass is 411 g/mol. The summed E-state index contributed by atoms with van der Waals surface area (Å²) < 4.78 is 44.3. The van der Waals surface area contributed by atoms with Crippen LogP contribution in [0.15, 0.2) is 30.5 Å². The molecule has 0 radical (unpaired) electrons. The summed E-state index contributed by atoms with van der Waals surface area (Å²) in [4.78, 5) is 17.7. The van der Waals surface area contributed by atoms with Gasteiger partial charge in [0, 0.05) is 17.3 Å². The second-order valence-corrected chi connectivity index (χ2v) is 7.68. The van der Waals surface area contributed by atoms with Crippen LogP contribution in [0.25, 0.3) is 11.3 Å². The molecule has 0 aliphatic carbocycles. The molecule has 0 aliphatic rings. The third-order valence-corrected chi connectivity index (χ3v) is 4.21. The van der Waals surface area contributed by atoms with Crippen molar-refractivity contribution >= 4 is 6.09 Å². The number of hydrogen-bond acceptors (Lipinski definition) is 4. The quantitative estimate of drug-likeness (QED) is 0.675. The van der Waals surface area contributed by atoms with E-state index in [1.807, 2.05) is 6.92 Å². The summed E-state index contributed by atoms with van der Waals surface area (Å²) in [5, 5.41) is 11.3. The van der Waals surface area contributed by atoms with Crippen LogP contribution >= 0.6 is 0 Å². The van der Waals surface area contributed by atoms with Gasteiger partial charge in [0.2, 0.25) is 5.82 Å². The Morgan fingerprint density at radius 2 is 1.97 bits per heavy atom. The predicted molar refractivity (Wildman–Crippen MR) is 102 cm³/mol. The molecule has 1 aromatic carbocycles. The molecule has 0 unspecified atom stereocenters. The summed E-state index contributed by atoms with van der Waals surface area (Å²) in [5.41, 5.74) is 0.876. The molecule has 29 heavy (non-hydrogen) atoms. The smallest absolute Gasteiger partial charge is 0.451 e. The fraction of sp³-hybridized carbons (Fsp3) is 0.450. The molecule has 1 heterocycles. The second kappa shape index (κ2) is 8.67. The molecule has 158 valence electrons. The standard InChI is InChI=1S/C20H24F3N3O3/c1-12(10-19(3,4)26-18(27)28)11-29-16-6-5-14(9-13(16)2)15-7-8-24-17(25-15)20(21,22)23/h5-9,12,26H,10-11H2,1-4H3,(H,27,28)/t12-/m0/s1. The summed E-state index contributed by atoms with van der Waals surface area (Å²) >= 11 is 0. The largest absolute Gasteiger partial charge is 0.493 e. The molecule has 1 amide bonds. The molecule has 9 heteroatoms. The molecule has 1 aromatic heterocycles. The number of nitrogens with zero attached hydrogens (tertiary/aromatic N) is 2. The molecule has 2 N–H and O–H groups in total.